The maximum atomic E-state index is 12.7. The smallest absolute Gasteiger partial charge is 0.252 e. The Hall–Kier alpha value is -2.32. The minimum Gasteiger partial charge on any atom is -0.497 e. The lowest BCUT2D eigenvalue weighted by Crippen LogP contribution is -2.37. The van der Waals surface area contributed by atoms with E-state index < -0.39 is 9.84 Å². The summed E-state index contributed by atoms with van der Waals surface area (Å²) in [6.45, 7) is 4.06. The van der Waals surface area contributed by atoms with E-state index in [1.54, 1.807) is 7.11 Å². The van der Waals surface area contributed by atoms with Gasteiger partial charge in [-0.05, 0) is 54.8 Å². The van der Waals surface area contributed by atoms with Crippen LogP contribution in [0.2, 0.25) is 0 Å². The fourth-order valence-corrected chi connectivity index (χ4v) is 7.74. The zero-order chi connectivity index (χ0) is 21.5. The molecule has 1 amide bonds. The molecule has 158 valence electrons. The van der Waals surface area contributed by atoms with Crippen molar-refractivity contribution in [2.45, 2.75) is 31.6 Å². The van der Waals surface area contributed by atoms with Gasteiger partial charge in [-0.25, -0.2) is 8.42 Å². The standard InChI is InChI=1S/C22H24N2O4S2/c1-14-4-7-17(10-15(14)2)24-19-12-30(26,27)13-20(19)29-22(24)23-21(25)11-16-5-8-18(28-3)9-6-16/h4-10,19-20H,11-13H2,1-3H3. The van der Waals surface area contributed by atoms with E-state index in [4.69, 9.17) is 4.74 Å². The third-order valence-electron chi connectivity index (χ3n) is 5.57. The highest BCUT2D eigenvalue weighted by molar-refractivity contribution is 8.16. The topological polar surface area (TPSA) is 76.0 Å². The molecule has 2 aliphatic heterocycles. The third-order valence-corrected chi connectivity index (χ3v) is 8.78. The highest BCUT2D eigenvalue weighted by Gasteiger charge is 2.49. The average Bonchev–Trinajstić information content (AvgIpc) is 3.15. The Bertz CT molecular complexity index is 1110. The zero-order valence-electron chi connectivity index (χ0n) is 17.2. The number of aryl methyl sites for hydroxylation is 2. The Morgan fingerprint density at radius 2 is 1.87 bits per heavy atom. The maximum absolute atomic E-state index is 12.7. The van der Waals surface area contributed by atoms with Crippen LogP contribution < -0.4 is 9.64 Å². The molecule has 2 fully saturated rings. The summed E-state index contributed by atoms with van der Waals surface area (Å²) < 4.78 is 29.6. The number of sulfone groups is 1. The number of amidine groups is 1. The second-order valence-electron chi connectivity index (χ2n) is 7.75. The first-order valence-electron chi connectivity index (χ1n) is 9.74. The third kappa shape index (κ3) is 4.25. The van der Waals surface area contributed by atoms with E-state index in [0.29, 0.717) is 5.17 Å². The first-order valence-corrected chi connectivity index (χ1v) is 12.4. The van der Waals surface area contributed by atoms with Gasteiger partial charge in [0.1, 0.15) is 5.75 Å². The first kappa shape index (κ1) is 20.9. The van der Waals surface area contributed by atoms with E-state index in [1.807, 2.05) is 61.2 Å². The molecule has 0 spiro atoms. The molecule has 2 heterocycles. The number of aliphatic imine (C=N–C) groups is 1. The number of rotatable bonds is 4. The zero-order valence-corrected chi connectivity index (χ0v) is 18.8. The average molecular weight is 445 g/mol. The Balaban J connectivity index is 1.62. The number of carbonyl (C=O) groups excluding carboxylic acids is 1. The molecule has 2 aliphatic rings. The molecule has 0 N–H and O–H groups in total. The lowest BCUT2D eigenvalue weighted by Gasteiger charge is -2.25. The van der Waals surface area contributed by atoms with Crippen LogP contribution in [0, 0.1) is 13.8 Å². The van der Waals surface area contributed by atoms with Gasteiger partial charge in [0.15, 0.2) is 15.0 Å². The summed E-state index contributed by atoms with van der Waals surface area (Å²) in [6.07, 6.45) is 0.183. The van der Waals surface area contributed by atoms with E-state index in [1.165, 1.54) is 11.8 Å². The lowest BCUT2D eigenvalue weighted by atomic mass is 10.1. The predicted molar refractivity (Wildman–Crippen MR) is 121 cm³/mol. The molecule has 2 unspecified atom stereocenters. The normalized spacial score (nSPS) is 23.6. The molecule has 2 saturated heterocycles. The number of amides is 1. The van der Waals surface area contributed by atoms with Crippen LogP contribution in [0.1, 0.15) is 16.7 Å². The number of carbonyl (C=O) groups is 1. The summed E-state index contributed by atoms with van der Waals surface area (Å²) in [4.78, 5) is 19.0. The molecule has 0 bridgehead atoms. The van der Waals surface area contributed by atoms with Gasteiger partial charge in [-0.15, -0.1) is 0 Å². The summed E-state index contributed by atoms with van der Waals surface area (Å²) in [6, 6.07) is 13.2. The van der Waals surface area contributed by atoms with Crippen LogP contribution >= 0.6 is 11.8 Å². The Labute approximate surface area is 181 Å². The van der Waals surface area contributed by atoms with Crippen molar-refractivity contribution in [2.75, 3.05) is 23.5 Å². The van der Waals surface area contributed by atoms with E-state index in [-0.39, 0.29) is 35.1 Å². The summed E-state index contributed by atoms with van der Waals surface area (Å²) in [5, 5.41) is 0.478. The van der Waals surface area contributed by atoms with Crippen molar-refractivity contribution < 1.29 is 17.9 Å². The van der Waals surface area contributed by atoms with Gasteiger partial charge < -0.3 is 9.64 Å². The molecule has 8 heteroatoms. The van der Waals surface area contributed by atoms with Crippen LogP contribution in [0.4, 0.5) is 5.69 Å². The molecule has 0 aliphatic carbocycles. The molecule has 0 aromatic heterocycles. The highest BCUT2D eigenvalue weighted by Crippen LogP contribution is 2.41. The van der Waals surface area contributed by atoms with Gasteiger partial charge in [-0.1, -0.05) is 30.0 Å². The predicted octanol–water partition coefficient (Wildman–Crippen LogP) is 3.16. The number of hydrogen-bond donors (Lipinski definition) is 0. The van der Waals surface area contributed by atoms with E-state index >= 15 is 0 Å². The van der Waals surface area contributed by atoms with Gasteiger partial charge in [0, 0.05) is 10.9 Å². The first-order chi connectivity index (χ1) is 14.3. The van der Waals surface area contributed by atoms with Crippen molar-refractivity contribution in [3.05, 3.63) is 59.2 Å². The molecular formula is C22H24N2O4S2. The van der Waals surface area contributed by atoms with Crippen LogP contribution in [-0.2, 0) is 21.1 Å². The number of ether oxygens (including phenoxy) is 1. The maximum Gasteiger partial charge on any atom is 0.252 e. The van der Waals surface area contributed by atoms with Crippen LogP contribution in [-0.4, -0.2) is 49.4 Å². The minimum atomic E-state index is -3.09. The van der Waals surface area contributed by atoms with Crippen LogP contribution in [0.15, 0.2) is 47.5 Å². The Kier molecular flexibility index (Phi) is 5.63. The number of benzene rings is 2. The molecule has 0 radical (unpaired) electrons. The van der Waals surface area contributed by atoms with Gasteiger partial charge in [0.05, 0.1) is 31.1 Å². The molecule has 6 nitrogen and oxygen atoms in total. The lowest BCUT2D eigenvalue weighted by molar-refractivity contribution is -0.117. The van der Waals surface area contributed by atoms with Crippen molar-refractivity contribution in [2.24, 2.45) is 4.99 Å². The second-order valence-corrected chi connectivity index (χ2v) is 11.1. The van der Waals surface area contributed by atoms with Gasteiger partial charge >= 0.3 is 0 Å². The summed E-state index contributed by atoms with van der Waals surface area (Å²) in [7, 11) is -1.49. The van der Waals surface area contributed by atoms with Crippen molar-refractivity contribution in [3.8, 4) is 5.75 Å². The number of hydrogen-bond acceptors (Lipinski definition) is 5. The van der Waals surface area contributed by atoms with Crippen LogP contribution in [0.25, 0.3) is 0 Å². The van der Waals surface area contributed by atoms with E-state index in [9.17, 15) is 13.2 Å². The quantitative estimate of drug-likeness (QED) is 0.721. The summed E-state index contributed by atoms with van der Waals surface area (Å²) >= 11 is 1.40. The van der Waals surface area contributed by atoms with Gasteiger partial charge in [0.25, 0.3) is 5.91 Å². The number of fused-ring (bicyclic) bond motifs is 1. The number of methoxy groups -OCH3 is 1. The Morgan fingerprint density at radius 1 is 1.13 bits per heavy atom. The molecule has 4 rings (SSSR count). The molecule has 2 atom stereocenters. The summed E-state index contributed by atoms with van der Waals surface area (Å²) in [5.41, 5.74) is 4.01. The molecule has 0 saturated carbocycles. The van der Waals surface area contributed by atoms with Crippen molar-refractivity contribution in [1.82, 2.24) is 0 Å². The summed E-state index contributed by atoms with van der Waals surface area (Å²) in [5.74, 6) is 0.691. The SMILES string of the molecule is COc1ccc(CC(=O)N=C2SC3CS(=O)(=O)CC3N2c2ccc(C)c(C)c2)cc1. The van der Waals surface area contributed by atoms with Gasteiger partial charge in [-0.3, -0.25) is 4.79 Å². The molecule has 2 aromatic carbocycles. The van der Waals surface area contributed by atoms with Crippen molar-refractivity contribution >= 4 is 38.4 Å². The highest BCUT2D eigenvalue weighted by atomic mass is 32.2. The van der Waals surface area contributed by atoms with Gasteiger partial charge in [0.2, 0.25) is 0 Å². The molecule has 2 aromatic rings. The number of thioether (sulfide) groups is 1. The van der Waals surface area contributed by atoms with Crippen molar-refractivity contribution in [1.29, 1.82) is 0 Å². The van der Waals surface area contributed by atoms with Gasteiger partial charge in [-0.2, -0.15) is 4.99 Å². The minimum absolute atomic E-state index is 0.0866. The van der Waals surface area contributed by atoms with Crippen LogP contribution in [0.5, 0.6) is 5.75 Å². The Morgan fingerprint density at radius 3 is 2.53 bits per heavy atom. The number of nitrogens with zero attached hydrogens (tertiary/aromatic N) is 2. The van der Waals surface area contributed by atoms with E-state index in [2.05, 4.69) is 4.99 Å². The molecular weight excluding hydrogens is 420 g/mol. The monoisotopic (exact) mass is 444 g/mol. The number of anilines is 1. The fourth-order valence-electron chi connectivity index (χ4n) is 3.81. The second kappa shape index (κ2) is 8.07. The largest absolute Gasteiger partial charge is 0.497 e. The fraction of sp³-hybridized carbons (Fsp3) is 0.364. The van der Waals surface area contributed by atoms with Crippen LogP contribution in [0.3, 0.4) is 0 Å². The molecule has 30 heavy (non-hydrogen) atoms. The van der Waals surface area contributed by atoms with E-state index in [0.717, 1.165) is 28.1 Å². The van der Waals surface area contributed by atoms with Crippen molar-refractivity contribution in [3.63, 3.8) is 0 Å².